The molecule has 0 saturated carbocycles. The molecule has 0 unspecified atom stereocenters. The summed E-state index contributed by atoms with van der Waals surface area (Å²) >= 11 is 0. The lowest BCUT2D eigenvalue weighted by atomic mass is 10.0. The molecule has 0 fully saturated rings. The van der Waals surface area contributed by atoms with Crippen LogP contribution in [0.2, 0.25) is 0 Å². The van der Waals surface area contributed by atoms with Gasteiger partial charge in [-0.2, -0.15) is 0 Å². The van der Waals surface area contributed by atoms with Crippen LogP contribution in [0.1, 0.15) is 30.0 Å². The summed E-state index contributed by atoms with van der Waals surface area (Å²) < 4.78 is 25.2. The van der Waals surface area contributed by atoms with Gasteiger partial charge in [-0.05, 0) is 23.6 Å². The van der Waals surface area contributed by atoms with E-state index in [-0.39, 0.29) is 12.0 Å². The van der Waals surface area contributed by atoms with Gasteiger partial charge in [0.2, 0.25) is 0 Å². The van der Waals surface area contributed by atoms with Gasteiger partial charge in [0, 0.05) is 5.56 Å². The monoisotopic (exact) mass is 214 g/mol. The summed E-state index contributed by atoms with van der Waals surface area (Å²) in [6, 6.07) is 4.43. The average Bonchev–Trinajstić information content (AvgIpc) is 2.16. The number of hydrogen-bond acceptors (Lipinski definition) is 1. The molecule has 1 aromatic carbocycles. The predicted octanol–water partition coefficient (Wildman–Crippen LogP) is 2.81. The van der Waals surface area contributed by atoms with Crippen molar-refractivity contribution in [3.8, 4) is 0 Å². The van der Waals surface area contributed by atoms with E-state index in [1.165, 1.54) is 6.07 Å². The first-order valence-electron chi connectivity index (χ1n) is 4.66. The Kier molecular flexibility index (Phi) is 3.77. The van der Waals surface area contributed by atoms with Gasteiger partial charge in [-0.25, -0.2) is 8.78 Å². The Labute approximate surface area is 86.5 Å². The number of benzene rings is 1. The minimum Gasteiger partial charge on any atom is -0.481 e. The first-order valence-corrected chi connectivity index (χ1v) is 4.66. The van der Waals surface area contributed by atoms with Crippen molar-refractivity contribution in [3.05, 3.63) is 34.9 Å². The molecule has 1 N–H and O–H groups in total. The summed E-state index contributed by atoms with van der Waals surface area (Å²) in [4.78, 5) is 10.4. The number of aryl methyl sites for hydroxylation is 1. The second-order valence-electron chi connectivity index (χ2n) is 3.26. The molecule has 0 saturated heterocycles. The zero-order valence-corrected chi connectivity index (χ0v) is 8.34. The number of carboxylic acids is 1. The molecule has 0 aromatic heterocycles. The molecule has 2 nitrogen and oxygen atoms in total. The number of carboxylic acid groups (broad SMARTS) is 1. The molecule has 4 heteroatoms. The van der Waals surface area contributed by atoms with Gasteiger partial charge in [-0.1, -0.05) is 19.1 Å². The van der Waals surface area contributed by atoms with Crippen LogP contribution in [0.25, 0.3) is 0 Å². The van der Waals surface area contributed by atoms with Crippen LogP contribution in [0.15, 0.2) is 18.2 Å². The lowest BCUT2D eigenvalue weighted by Gasteiger charge is -2.08. The third-order valence-corrected chi connectivity index (χ3v) is 2.18. The van der Waals surface area contributed by atoms with Gasteiger partial charge in [-0.15, -0.1) is 0 Å². The maximum Gasteiger partial charge on any atom is 0.307 e. The van der Waals surface area contributed by atoms with E-state index in [1.807, 2.05) is 0 Å². The lowest BCUT2D eigenvalue weighted by Crippen LogP contribution is -2.02. The summed E-state index contributed by atoms with van der Waals surface area (Å²) in [5.74, 6) is -1.01. The molecule has 15 heavy (non-hydrogen) atoms. The lowest BCUT2D eigenvalue weighted by molar-refractivity contribution is -0.136. The zero-order chi connectivity index (χ0) is 11.4. The molecule has 0 atom stereocenters. The van der Waals surface area contributed by atoms with E-state index in [0.717, 1.165) is 0 Å². The van der Waals surface area contributed by atoms with Crippen molar-refractivity contribution in [1.29, 1.82) is 0 Å². The Morgan fingerprint density at radius 3 is 2.60 bits per heavy atom. The molecule has 0 amide bonds. The Balaban J connectivity index is 3.04. The first-order chi connectivity index (χ1) is 7.04. The third-order valence-electron chi connectivity index (χ3n) is 2.18. The van der Waals surface area contributed by atoms with Crippen molar-refractivity contribution < 1.29 is 18.7 Å². The van der Waals surface area contributed by atoms with Crippen molar-refractivity contribution in [2.24, 2.45) is 0 Å². The fourth-order valence-corrected chi connectivity index (χ4v) is 1.45. The Bertz CT molecular complexity index is 362. The maximum absolute atomic E-state index is 12.6. The van der Waals surface area contributed by atoms with Gasteiger partial charge in [0.1, 0.15) is 0 Å². The van der Waals surface area contributed by atoms with Crippen molar-refractivity contribution in [1.82, 2.24) is 0 Å². The van der Waals surface area contributed by atoms with Gasteiger partial charge < -0.3 is 5.11 Å². The Hall–Kier alpha value is -1.45. The summed E-state index contributed by atoms with van der Waals surface area (Å²) in [5.41, 5.74) is 0.922. The van der Waals surface area contributed by atoms with E-state index in [2.05, 4.69) is 0 Å². The van der Waals surface area contributed by atoms with Crippen LogP contribution in [-0.4, -0.2) is 11.1 Å². The highest BCUT2D eigenvalue weighted by Crippen LogP contribution is 2.24. The van der Waals surface area contributed by atoms with Crippen LogP contribution in [0, 0.1) is 0 Å². The van der Waals surface area contributed by atoms with Crippen molar-refractivity contribution in [3.63, 3.8) is 0 Å². The minimum absolute atomic E-state index is 0.0590. The topological polar surface area (TPSA) is 37.3 Å². The number of halogens is 2. The number of hydrogen-bond donors (Lipinski definition) is 1. The fraction of sp³-hybridized carbons (Fsp3) is 0.364. The maximum atomic E-state index is 12.6. The van der Waals surface area contributed by atoms with Crippen molar-refractivity contribution in [2.45, 2.75) is 26.2 Å². The second kappa shape index (κ2) is 4.87. The summed E-state index contributed by atoms with van der Waals surface area (Å²) in [6.07, 6.45) is -2.25. The molecule has 0 spiro atoms. The largest absolute Gasteiger partial charge is 0.481 e. The van der Waals surface area contributed by atoms with Crippen LogP contribution in [0.4, 0.5) is 8.78 Å². The molecule has 0 heterocycles. The van der Waals surface area contributed by atoms with Gasteiger partial charge in [0.15, 0.2) is 0 Å². The smallest absolute Gasteiger partial charge is 0.307 e. The molecule has 0 bridgehead atoms. The predicted molar refractivity (Wildman–Crippen MR) is 52.1 cm³/mol. The number of aliphatic carboxylic acids is 1. The Morgan fingerprint density at radius 1 is 1.47 bits per heavy atom. The molecule has 0 radical (unpaired) electrons. The summed E-state index contributed by atoms with van der Waals surface area (Å²) in [5, 5.41) is 8.54. The number of alkyl halides is 2. The highest BCUT2D eigenvalue weighted by atomic mass is 19.3. The standard InChI is InChI=1S/C11H12F2O2/c1-2-8-4-3-7(6-10(14)15)5-9(8)11(12)13/h3-5,11H,2,6H2,1H3,(H,14,15). The van der Waals surface area contributed by atoms with Crippen LogP contribution in [0.3, 0.4) is 0 Å². The minimum atomic E-state index is -2.55. The first kappa shape index (κ1) is 11.6. The van der Waals surface area contributed by atoms with E-state index in [1.54, 1.807) is 19.1 Å². The average molecular weight is 214 g/mol. The van der Waals surface area contributed by atoms with Crippen molar-refractivity contribution >= 4 is 5.97 Å². The molecule has 82 valence electrons. The van der Waals surface area contributed by atoms with Crippen LogP contribution < -0.4 is 0 Å². The molecule has 1 rings (SSSR count). The second-order valence-corrected chi connectivity index (χ2v) is 3.26. The van der Waals surface area contributed by atoms with E-state index in [9.17, 15) is 13.6 Å². The molecule has 0 aliphatic heterocycles. The van der Waals surface area contributed by atoms with E-state index in [4.69, 9.17) is 5.11 Å². The summed E-state index contributed by atoms with van der Waals surface area (Å²) in [7, 11) is 0. The van der Waals surface area contributed by atoms with E-state index in [0.29, 0.717) is 17.5 Å². The van der Waals surface area contributed by atoms with Gasteiger partial charge in [0.25, 0.3) is 6.43 Å². The summed E-state index contributed by atoms with van der Waals surface area (Å²) in [6.45, 7) is 1.79. The third kappa shape index (κ3) is 3.01. The number of rotatable bonds is 4. The quantitative estimate of drug-likeness (QED) is 0.836. The molecular weight excluding hydrogens is 202 g/mol. The number of carbonyl (C=O) groups is 1. The van der Waals surface area contributed by atoms with Crippen molar-refractivity contribution in [2.75, 3.05) is 0 Å². The van der Waals surface area contributed by atoms with E-state index < -0.39 is 12.4 Å². The molecular formula is C11H12F2O2. The SMILES string of the molecule is CCc1ccc(CC(=O)O)cc1C(F)F. The fourth-order valence-electron chi connectivity index (χ4n) is 1.45. The molecule has 0 aliphatic rings. The zero-order valence-electron chi connectivity index (χ0n) is 8.34. The highest BCUT2D eigenvalue weighted by Gasteiger charge is 2.13. The Morgan fingerprint density at radius 2 is 2.13 bits per heavy atom. The van der Waals surface area contributed by atoms with Gasteiger partial charge >= 0.3 is 5.97 Å². The van der Waals surface area contributed by atoms with Crippen LogP contribution in [-0.2, 0) is 17.6 Å². The van der Waals surface area contributed by atoms with Crippen LogP contribution >= 0.6 is 0 Å². The van der Waals surface area contributed by atoms with Crippen LogP contribution in [0.5, 0.6) is 0 Å². The van der Waals surface area contributed by atoms with Gasteiger partial charge in [-0.3, -0.25) is 4.79 Å². The highest BCUT2D eigenvalue weighted by molar-refractivity contribution is 5.70. The normalized spacial score (nSPS) is 10.7. The van der Waals surface area contributed by atoms with E-state index >= 15 is 0 Å². The molecule has 0 aliphatic carbocycles. The van der Waals surface area contributed by atoms with Gasteiger partial charge in [0.05, 0.1) is 6.42 Å². The molecule has 1 aromatic rings.